The molecule has 6 nitrogen and oxygen atoms in total. The van der Waals surface area contributed by atoms with E-state index >= 15 is 0 Å². The van der Waals surface area contributed by atoms with Gasteiger partial charge in [-0.1, -0.05) is 18.2 Å². The Morgan fingerprint density at radius 2 is 1.75 bits per heavy atom. The first-order valence-corrected chi connectivity index (χ1v) is 7.94. The third kappa shape index (κ3) is 3.33. The Balaban J connectivity index is 2.06. The van der Waals surface area contributed by atoms with Crippen molar-refractivity contribution in [1.29, 1.82) is 10.5 Å². The molecule has 3 rings (SSSR count). The molecule has 2 aromatic carbocycles. The number of anilines is 1. The molecule has 0 aromatic heterocycles. The summed E-state index contributed by atoms with van der Waals surface area (Å²) in [7, 11) is 0. The molecule has 0 saturated carbocycles. The second-order valence-electron chi connectivity index (χ2n) is 5.91. The maximum atomic E-state index is 13.0. The summed E-state index contributed by atoms with van der Waals surface area (Å²) in [5.74, 6) is -0.264. The van der Waals surface area contributed by atoms with Crippen molar-refractivity contribution < 1.29 is 18.0 Å². The zero-order valence-corrected chi connectivity index (χ0v) is 14.2. The fourth-order valence-corrected chi connectivity index (χ4v) is 2.84. The Labute approximate surface area is 157 Å². The molecule has 0 spiro atoms. The highest BCUT2D eigenvalue weighted by molar-refractivity contribution is 5.97. The highest BCUT2D eigenvalue weighted by Crippen LogP contribution is 2.35. The van der Waals surface area contributed by atoms with Crippen LogP contribution in [0.5, 0.6) is 0 Å². The Bertz CT molecular complexity index is 1040. The molecule has 140 valence electrons. The molecule has 1 aliphatic heterocycles. The fourth-order valence-electron chi connectivity index (χ4n) is 2.84. The number of carbonyl (C=O) groups is 1. The summed E-state index contributed by atoms with van der Waals surface area (Å²) >= 11 is 0. The Morgan fingerprint density at radius 1 is 1.07 bits per heavy atom. The summed E-state index contributed by atoms with van der Waals surface area (Å²) in [5.41, 5.74) is 5.81. The molecular weight excluding hydrogens is 371 g/mol. The van der Waals surface area contributed by atoms with Crippen LogP contribution in [0.15, 0.2) is 59.9 Å². The van der Waals surface area contributed by atoms with Gasteiger partial charge in [0, 0.05) is 0 Å². The van der Waals surface area contributed by atoms with Crippen LogP contribution in [0.1, 0.15) is 22.7 Å². The van der Waals surface area contributed by atoms with Crippen molar-refractivity contribution in [2.45, 2.75) is 12.2 Å². The third-order valence-electron chi connectivity index (χ3n) is 4.20. The molecular formula is C19H12F3N5O. The van der Waals surface area contributed by atoms with E-state index in [4.69, 9.17) is 11.0 Å². The van der Waals surface area contributed by atoms with Crippen molar-refractivity contribution in [3.8, 4) is 12.1 Å². The zero-order valence-electron chi connectivity index (χ0n) is 14.2. The molecule has 0 fully saturated rings. The van der Waals surface area contributed by atoms with Gasteiger partial charge in [0.15, 0.2) is 0 Å². The number of nitrogens with one attached hydrogen (secondary N) is 1. The lowest BCUT2D eigenvalue weighted by Crippen LogP contribution is -2.49. The number of amides is 2. The number of urea groups is 1. The maximum absolute atomic E-state index is 13.0. The number of carbonyl (C=O) groups excluding carboxylic acids is 1. The first-order chi connectivity index (χ1) is 13.3. The minimum Gasteiger partial charge on any atom is -0.384 e. The van der Waals surface area contributed by atoms with E-state index in [0.717, 1.165) is 23.1 Å². The Hall–Kier alpha value is -3.98. The van der Waals surface area contributed by atoms with Crippen LogP contribution in [0.25, 0.3) is 0 Å². The van der Waals surface area contributed by atoms with Gasteiger partial charge in [0.1, 0.15) is 11.9 Å². The number of nitrogens with zero attached hydrogens (tertiary/aromatic N) is 3. The molecule has 0 bridgehead atoms. The average Bonchev–Trinajstić information content (AvgIpc) is 2.67. The second kappa shape index (κ2) is 6.97. The van der Waals surface area contributed by atoms with Crippen LogP contribution >= 0.6 is 0 Å². The molecule has 9 heteroatoms. The summed E-state index contributed by atoms with van der Waals surface area (Å²) in [4.78, 5) is 13.4. The van der Waals surface area contributed by atoms with Crippen LogP contribution in [0.3, 0.4) is 0 Å². The van der Waals surface area contributed by atoms with Gasteiger partial charge in [0.2, 0.25) is 0 Å². The lowest BCUT2D eigenvalue weighted by molar-refractivity contribution is -0.137. The van der Waals surface area contributed by atoms with Crippen molar-refractivity contribution in [2.24, 2.45) is 5.73 Å². The van der Waals surface area contributed by atoms with Crippen molar-refractivity contribution in [1.82, 2.24) is 5.32 Å². The second-order valence-corrected chi connectivity index (χ2v) is 5.91. The van der Waals surface area contributed by atoms with Gasteiger partial charge < -0.3 is 11.1 Å². The van der Waals surface area contributed by atoms with E-state index in [1.54, 1.807) is 12.1 Å². The summed E-state index contributed by atoms with van der Waals surface area (Å²) in [5, 5.41) is 21.0. The number of hydrogen-bond acceptors (Lipinski definition) is 4. The molecule has 1 unspecified atom stereocenters. The zero-order chi connectivity index (χ0) is 20.5. The Kier molecular flexibility index (Phi) is 4.68. The molecule has 28 heavy (non-hydrogen) atoms. The predicted molar refractivity (Wildman–Crippen MR) is 93.2 cm³/mol. The van der Waals surface area contributed by atoms with E-state index in [1.807, 2.05) is 12.1 Å². The van der Waals surface area contributed by atoms with Crippen molar-refractivity contribution >= 4 is 11.7 Å². The number of benzene rings is 2. The van der Waals surface area contributed by atoms with E-state index < -0.39 is 23.8 Å². The fraction of sp³-hybridized carbons (Fsp3) is 0.105. The number of rotatable bonds is 2. The van der Waals surface area contributed by atoms with Crippen molar-refractivity contribution in [2.75, 3.05) is 4.90 Å². The lowest BCUT2D eigenvalue weighted by atomic mass is 9.96. The van der Waals surface area contributed by atoms with Crippen LogP contribution in [0.2, 0.25) is 0 Å². The highest BCUT2D eigenvalue weighted by atomic mass is 19.4. The van der Waals surface area contributed by atoms with Crippen LogP contribution < -0.4 is 16.0 Å². The van der Waals surface area contributed by atoms with E-state index in [1.165, 1.54) is 18.2 Å². The van der Waals surface area contributed by atoms with E-state index in [2.05, 4.69) is 5.32 Å². The van der Waals surface area contributed by atoms with Crippen LogP contribution in [0, 0.1) is 22.7 Å². The van der Waals surface area contributed by atoms with Gasteiger partial charge in [0.05, 0.1) is 34.5 Å². The quantitative estimate of drug-likeness (QED) is 0.827. The monoisotopic (exact) mass is 383 g/mol. The molecule has 3 N–H and O–H groups in total. The summed E-state index contributed by atoms with van der Waals surface area (Å²) in [6, 6.07) is 12.5. The van der Waals surface area contributed by atoms with Gasteiger partial charge in [-0.15, -0.1) is 0 Å². The van der Waals surface area contributed by atoms with Gasteiger partial charge in [-0.05, 0) is 35.9 Å². The standard InChI is InChI=1S/C19H12F3N5O/c20-19(21,22)13-2-1-3-14(8-13)27-17(25)15(10-24)16(26-18(27)28)12-6-4-11(9-23)5-7-12/h1-8,16H,25H2,(H,26,28). The van der Waals surface area contributed by atoms with E-state index in [9.17, 15) is 23.2 Å². The van der Waals surface area contributed by atoms with Gasteiger partial charge >= 0.3 is 12.2 Å². The number of halogens is 3. The summed E-state index contributed by atoms with van der Waals surface area (Å²) in [6.07, 6.45) is -4.59. The van der Waals surface area contributed by atoms with Gasteiger partial charge in [-0.2, -0.15) is 23.7 Å². The molecule has 2 aromatic rings. The van der Waals surface area contributed by atoms with E-state index in [0.29, 0.717) is 11.1 Å². The molecule has 1 atom stereocenters. The van der Waals surface area contributed by atoms with Crippen LogP contribution in [-0.2, 0) is 6.18 Å². The molecule has 0 radical (unpaired) electrons. The largest absolute Gasteiger partial charge is 0.416 e. The summed E-state index contributed by atoms with van der Waals surface area (Å²) in [6.45, 7) is 0. The molecule has 0 aliphatic carbocycles. The molecule has 2 amide bonds. The topological polar surface area (TPSA) is 106 Å². The van der Waals surface area contributed by atoms with Gasteiger partial charge in [-0.3, -0.25) is 0 Å². The van der Waals surface area contributed by atoms with Crippen LogP contribution in [0.4, 0.5) is 23.7 Å². The normalized spacial score (nSPS) is 17.0. The smallest absolute Gasteiger partial charge is 0.384 e. The highest BCUT2D eigenvalue weighted by Gasteiger charge is 2.36. The first kappa shape index (κ1) is 18.8. The minimum atomic E-state index is -4.59. The SMILES string of the molecule is N#CC1=C(N)N(c2cccc(C(F)(F)F)c2)C(=O)NC1c1ccc(C#N)cc1. The van der Waals surface area contributed by atoms with Crippen molar-refractivity contribution in [3.63, 3.8) is 0 Å². The Morgan fingerprint density at radius 3 is 2.32 bits per heavy atom. The third-order valence-corrected chi connectivity index (χ3v) is 4.20. The number of nitriles is 2. The molecule has 1 heterocycles. The maximum Gasteiger partial charge on any atom is 0.416 e. The predicted octanol–water partition coefficient (Wildman–Crippen LogP) is 3.54. The molecule has 1 aliphatic rings. The summed E-state index contributed by atoms with van der Waals surface area (Å²) < 4.78 is 38.9. The number of nitrogens with two attached hydrogens (primary N) is 1. The van der Waals surface area contributed by atoms with Gasteiger partial charge in [-0.25, -0.2) is 9.69 Å². The van der Waals surface area contributed by atoms with Crippen molar-refractivity contribution in [3.05, 3.63) is 76.6 Å². The lowest BCUT2D eigenvalue weighted by Gasteiger charge is -2.33. The minimum absolute atomic E-state index is 0.0262. The first-order valence-electron chi connectivity index (χ1n) is 7.94. The van der Waals surface area contributed by atoms with E-state index in [-0.39, 0.29) is 17.1 Å². The van der Waals surface area contributed by atoms with Crippen LogP contribution in [-0.4, -0.2) is 6.03 Å². The number of hydrogen-bond donors (Lipinski definition) is 2. The average molecular weight is 383 g/mol. The molecule has 0 saturated heterocycles. The number of alkyl halides is 3. The van der Waals surface area contributed by atoms with Gasteiger partial charge in [0.25, 0.3) is 0 Å².